The van der Waals surface area contributed by atoms with E-state index in [1.54, 1.807) is 26.8 Å². The van der Waals surface area contributed by atoms with Gasteiger partial charge in [0.2, 0.25) is 0 Å². The van der Waals surface area contributed by atoms with Crippen LogP contribution >= 0.6 is 15.9 Å². The first-order valence-electron chi connectivity index (χ1n) is 10.5. The predicted octanol–water partition coefficient (Wildman–Crippen LogP) is 6.33. The van der Waals surface area contributed by atoms with Crippen LogP contribution in [0.1, 0.15) is 49.4 Å². The highest BCUT2D eigenvalue weighted by atomic mass is 79.9. The van der Waals surface area contributed by atoms with E-state index in [1.165, 1.54) is 0 Å². The van der Waals surface area contributed by atoms with E-state index < -0.39 is 29.0 Å². The Morgan fingerprint density at radius 1 is 1.18 bits per heavy atom. The molecule has 5 nitrogen and oxygen atoms in total. The fourth-order valence-electron chi connectivity index (χ4n) is 3.69. The Bertz CT molecular complexity index is 990. The van der Waals surface area contributed by atoms with Crippen LogP contribution in [-0.4, -0.2) is 24.8 Å². The Labute approximate surface area is 199 Å². The van der Waals surface area contributed by atoms with E-state index in [0.29, 0.717) is 23.1 Å². The highest BCUT2D eigenvalue weighted by Crippen LogP contribution is 2.40. The number of hydrogen-bond acceptors (Lipinski definition) is 4. The van der Waals surface area contributed by atoms with Crippen LogP contribution < -0.4 is 5.32 Å². The first-order valence-corrected chi connectivity index (χ1v) is 11.3. The number of fused-ring (bicyclic) bond motifs is 1. The molecule has 1 N–H and O–H groups in total. The molecular formula is C24H27BrF3NO4. The van der Waals surface area contributed by atoms with E-state index in [0.717, 1.165) is 23.3 Å². The third-order valence-electron chi connectivity index (χ3n) is 5.10. The fraction of sp³-hybridized carbons (Fsp3) is 0.458. The summed E-state index contributed by atoms with van der Waals surface area (Å²) in [7, 11) is 0. The number of alkyl carbamates (subject to hydrolysis) is 1. The van der Waals surface area contributed by atoms with Crippen LogP contribution in [0.2, 0.25) is 0 Å². The van der Waals surface area contributed by atoms with Crippen molar-refractivity contribution in [2.45, 2.75) is 57.8 Å². The molecule has 0 spiro atoms. The van der Waals surface area contributed by atoms with E-state index >= 15 is 0 Å². The molecule has 0 aromatic heterocycles. The Morgan fingerprint density at radius 3 is 2.61 bits per heavy atom. The number of amides is 1. The molecule has 1 heterocycles. The van der Waals surface area contributed by atoms with Crippen molar-refractivity contribution in [2.75, 3.05) is 13.2 Å². The monoisotopic (exact) mass is 529 g/mol. The number of ether oxygens (including phenoxy) is 3. The zero-order chi connectivity index (χ0) is 24.3. The van der Waals surface area contributed by atoms with Crippen molar-refractivity contribution in [1.82, 2.24) is 5.32 Å². The van der Waals surface area contributed by atoms with Crippen LogP contribution in [0.25, 0.3) is 0 Å². The van der Waals surface area contributed by atoms with Crippen molar-refractivity contribution in [3.63, 3.8) is 0 Å². The van der Waals surface area contributed by atoms with Gasteiger partial charge in [-0.05, 0) is 55.7 Å². The molecule has 1 unspecified atom stereocenters. The summed E-state index contributed by atoms with van der Waals surface area (Å²) in [4.78, 5) is 12.0. The number of hydrogen-bond donors (Lipinski definition) is 1. The van der Waals surface area contributed by atoms with Gasteiger partial charge in [-0.3, -0.25) is 0 Å². The van der Waals surface area contributed by atoms with E-state index in [2.05, 4.69) is 21.2 Å². The zero-order valence-electron chi connectivity index (χ0n) is 18.7. The van der Waals surface area contributed by atoms with Gasteiger partial charge in [0.25, 0.3) is 0 Å². The molecule has 2 aromatic carbocycles. The molecule has 9 heteroatoms. The molecule has 180 valence electrons. The molecule has 0 saturated carbocycles. The fourth-order valence-corrected chi connectivity index (χ4v) is 4.24. The summed E-state index contributed by atoms with van der Waals surface area (Å²) in [5.74, 6) is 0. The lowest BCUT2D eigenvalue weighted by atomic mass is 9.90. The van der Waals surface area contributed by atoms with Crippen molar-refractivity contribution >= 4 is 22.0 Å². The summed E-state index contributed by atoms with van der Waals surface area (Å²) in [6.45, 7) is 6.12. The standard InChI is InChI=1S/C24H27BrF3NO4/c1-22(2,3)33-21(30)29-9-8-23(20-7-5-4-6-17(20)14-32-23)15-31-13-16-10-18(24(26,27)28)12-19(25)11-16/h4-7,10-12H,8-9,13-15H2,1-3H3,(H,29,30). The van der Waals surface area contributed by atoms with Gasteiger partial charge in [0, 0.05) is 17.4 Å². The third-order valence-corrected chi connectivity index (χ3v) is 5.56. The number of rotatable bonds is 7. The van der Waals surface area contributed by atoms with Crippen LogP contribution in [0, 0.1) is 0 Å². The molecule has 1 atom stereocenters. The number of nitrogens with one attached hydrogen (secondary N) is 1. The number of carbonyl (C=O) groups excluding carboxylic acids is 1. The van der Waals surface area contributed by atoms with Gasteiger partial charge < -0.3 is 19.5 Å². The van der Waals surface area contributed by atoms with Crippen molar-refractivity contribution in [1.29, 1.82) is 0 Å². The average Bonchev–Trinajstić information content (AvgIpc) is 3.05. The summed E-state index contributed by atoms with van der Waals surface area (Å²) in [5, 5.41) is 2.73. The summed E-state index contributed by atoms with van der Waals surface area (Å²) >= 11 is 3.13. The van der Waals surface area contributed by atoms with Gasteiger partial charge in [-0.2, -0.15) is 13.2 Å². The quantitative estimate of drug-likeness (QED) is 0.455. The van der Waals surface area contributed by atoms with Crippen LogP contribution in [-0.2, 0) is 39.2 Å². The second kappa shape index (κ2) is 10.0. The maximum atomic E-state index is 13.1. The second-order valence-corrected chi connectivity index (χ2v) is 9.87. The molecule has 2 aromatic rings. The predicted molar refractivity (Wildman–Crippen MR) is 121 cm³/mol. The molecule has 33 heavy (non-hydrogen) atoms. The van der Waals surface area contributed by atoms with Crippen LogP contribution in [0.4, 0.5) is 18.0 Å². The molecule has 1 aliphatic rings. The number of halogens is 4. The summed E-state index contributed by atoms with van der Waals surface area (Å²) < 4.78 is 57.0. The molecule has 1 amide bonds. The SMILES string of the molecule is CC(C)(C)OC(=O)NCCC1(COCc2cc(Br)cc(C(F)(F)F)c2)OCc2ccccc21. The van der Waals surface area contributed by atoms with Crippen molar-refractivity contribution in [3.05, 3.63) is 69.2 Å². The molecule has 0 radical (unpaired) electrons. The highest BCUT2D eigenvalue weighted by Gasteiger charge is 2.40. The Kier molecular flexibility index (Phi) is 7.76. The Morgan fingerprint density at radius 2 is 1.91 bits per heavy atom. The van der Waals surface area contributed by atoms with Gasteiger partial charge in [0.05, 0.1) is 25.4 Å². The summed E-state index contributed by atoms with van der Waals surface area (Å²) in [6.07, 6.45) is -4.56. The average molecular weight is 530 g/mol. The van der Waals surface area contributed by atoms with Gasteiger partial charge >= 0.3 is 12.3 Å². The zero-order valence-corrected chi connectivity index (χ0v) is 20.3. The highest BCUT2D eigenvalue weighted by molar-refractivity contribution is 9.10. The van der Waals surface area contributed by atoms with Crippen LogP contribution in [0.3, 0.4) is 0 Å². The van der Waals surface area contributed by atoms with Gasteiger partial charge in [-0.25, -0.2) is 4.79 Å². The third kappa shape index (κ3) is 6.94. The molecule has 1 aliphatic heterocycles. The van der Waals surface area contributed by atoms with E-state index in [1.807, 2.05) is 24.3 Å². The minimum atomic E-state index is -4.44. The van der Waals surface area contributed by atoms with Gasteiger partial charge in [0.15, 0.2) is 0 Å². The lowest BCUT2D eigenvalue weighted by Crippen LogP contribution is -2.38. The number of benzene rings is 2. The van der Waals surface area contributed by atoms with E-state index in [9.17, 15) is 18.0 Å². The molecule has 0 aliphatic carbocycles. The van der Waals surface area contributed by atoms with Crippen molar-refractivity contribution in [3.8, 4) is 0 Å². The first kappa shape index (κ1) is 25.5. The maximum Gasteiger partial charge on any atom is 0.416 e. The molecular weight excluding hydrogens is 503 g/mol. The minimum absolute atomic E-state index is 0.0186. The maximum absolute atomic E-state index is 13.1. The van der Waals surface area contributed by atoms with Crippen molar-refractivity contribution in [2.24, 2.45) is 0 Å². The molecule has 0 saturated heterocycles. The topological polar surface area (TPSA) is 56.8 Å². The number of alkyl halides is 3. The lowest BCUT2D eigenvalue weighted by molar-refractivity contribution is -0.137. The number of carbonyl (C=O) groups is 1. The van der Waals surface area contributed by atoms with Crippen molar-refractivity contribution < 1.29 is 32.2 Å². The second-order valence-electron chi connectivity index (χ2n) is 8.96. The van der Waals surface area contributed by atoms with Gasteiger partial charge in [-0.15, -0.1) is 0 Å². The van der Waals surface area contributed by atoms with Crippen LogP contribution in [0.5, 0.6) is 0 Å². The summed E-state index contributed by atoms with van der Waals surface area (Å²) in [6, 6.07) is 11.4. The molecule has 0 fully saturated rings. The van der Waals surface area contributed by atoms with Crippen LogP contribution in [0.15, 0.2) is 46.9 Å². The summed E-state index contributed by atoms with van der Waals surface area (Å²) in [5.41, 5.74) is 0.172. The van der Waals surface area contributed by atoms with Gasteiger partial charge in [-0.1, -0.05) is 40.2 Å². The molecule has 0 bridgehead atoms. The van der Waals surface area contributed by atoms with Gasteiger partial charge in [0.1, 0.15) is 11.2 Å². The minimum Gasteiger partial charge on any atom is -0.444 e. The largest absolute Gasteiger partial charge is 0.444 e. The lowest BCUT2D eigenvalue weighted by Gasteiger charge is -2.30. The van der Waals surface area contributed by atoms with E-state index in [-0.39, 0.29) is 19.8 Å². The van der Waals surface area contributed by atoms with E-state index in [4.69, 9.17) is 14.2 Å². The Hall–Kier alpha value is -2.10. The normalized spacial score (nSPS) is 18.2. The molecule has 3 rings (SSSR count). The smallest absolute Gasteiger partial charge is 0.416 e. The Balaban J connectivity index is 1.69. The first-order chi connectivity index (χ1) is 15.4.